The van der Waals surface area contributed by atoms with E-state index in [1.54, 1.807) is 7.11 Å². The molecule has 15 heavy (non-hydrogen) atoms. The molecule has 1 unspecified atom stereocenters. The van der Waals surface area contributed by atoms with Gasteiger partial charge < -0.3 is 10.5 Å². The third kappa shape index (κ3) is 3.92. The Balaban J connectivity index is 2.54. The molecule has 0 aliphatic heterocycles. The zero-order valence-corrected chi connectivity index (χ0v) is 9.86. The van der Waals surface area contributed by atoms with E-state index in [-0.39, 0.29) is 6.04 Å². The monoisotopic (exact) mass is 207 g/mol. The summed E-state index contributed by atoms with van der Waals surface area (Å²) in [5.74, 6) is 1.60. The lowest BCUT2D eigenvalue weighted by Gasteiger charge is -2.13. The maximum absolute atomic E-state index is 6.09. The quantitative estimate of drug-likeness (QED) is 0.805. The van der Waals surface area contributed by atoms with Crippen molar-refractivity contribution in [2.75, 3.05) is 7.11 Å². The number of ether oxygens (including phenoxy) is 1. The van der Waals surface area contributed by atoms with E-state index in [4.69, 9.17) is 10.5 Å². The second-order valence-corrected chi connectivity index (χ2v) is 4.35. The van der Waals surface area contributed by atoms with Gasteiger partial charge >= 0.3 is 0 Å². The molecule has 0 aliphatic rings. The zero-order valence-electron chi connectivity index (χ0n) is 9.86. The Hall–Kier alpha value is -1.02. The van der Waals surface area contributed by atoms with Crippen molar-refractivity contribution in [2.24, 2.45) is 11.7 Å². The first kappa shape index (κ1) is 12.1. The fourth-order valence-electron chi connectivity index (χ4n) is 1.53. The van der Waals surface area contributed by atoms with Crippen LogP contribution in [0.3, 0.4) is 0 Å². The van der Waals surface area contributed by atoms with Gasteiger partial charge in [0.25, 0.3) is 0 Å². The number of benzene rings is 1. The Bertz CT molecular complexity index is 279. The van der Waals surface area contributed by atoms with Crippen molar-refractivity contribution in [1.82, 2.24) is 0 Å². The molecule has 0 aromatic heterocycles. The highest BCUT2D eigenvalue weighted by Gasteiger charge is 2.06. The van der Waals surface area contributed by atoms with E-state index in [0.29, 0.717) is 5.92 Å². The molecule has 0 saturated carbocycles. The lowest BCUT2D eigenvalue weighted by Crippen LogP contribution is -2.11. The van der Waals surface area contributed by atoms with Crippen LogP contribution in [0.1, 0.15) is 38.3 Å². The number of rotatable bonds is 5. The van der Waals surface area contributed by atoms with Gasteiger partial charge in [-0.1, -0.05) is 26.0 Å². The molecule has 0 aliphatic carbocycles. The van der Waals surface area contributed by atoms with Crippen molar-refractivity contribution in [1.29, 1.82) is 0 Å². The van der Waals surface area contributed by atoms with Crippen LogP contribution in [0.5, 0.6) is 5.75 Å². The van der Waals surface area contributed by atoms with E-state index < -0.39 is 0 Å². The van der Waals surface area contributed by atoms with E-state index in [9.17, 15) is 0 Å². The smallest absolute Gasteiger partial charge is 0.118 e. The first-order valence-corrected chi connectivity index (χ1v) is 5.53. The van der Waals surface area contributed by atoms with Gasteiger partial charge in [0.2, 0.25) is 0 Å². The molecule has 0 heterocycles. The average molecular weight is 207 g/mol. The van der Waals surface area contributed by atoms with Crippen LogP contribution in [0.4, 0.5) is 0 Å². The van der Waals surface area contributed by atoms with Crippen LogP contribution in [-0.2, 0) is 0 Å². The van der Waals surface area contributed by atoms with Gasteiger partial charge in [-0.3, -0.25) is 0 Å². The van der Waals surface area contributed by atoms with Crippen LogP contribution < -0.4 is 10.5 Å². The summed E-state index contributed by atoms with van der Waals surface area (Å²) in [5.41, 5.74) is 7.29. The largest absolute Gasteiger partial charge is 0.497 e. The second kappa shape index (κ2) is 5.76. The Morgan fingerprint density at radius 3 is 2.20 bits per heavy atom. The molecule has 0 radical (unpaired) electrons. The van der Waals surface area contributed by atoms with Gasteiger partial charge in [-0.15, -0.1) is 0 Å². The zero-order chi connectivity index (χ0) is 11.3. The predicted molar refractivity (Wildman–Crippen MR) is 64.0 cm³/mol. The van der Waals surface area contributed by atoms with Gasteiger partial charge in [0, 0.05) is 6.04 Å². The maximum Gasteiger partial charge on any atom is 0.118 e. The summed E-state index contributed by atoms with van der Waals surface area (Å²) in [6.45, 7) is 4.45. The van der Waals surface area contributed by atoms with E-state index in [2.05, 4.69) is 13.8 Å². The van der Waals surface area contributed by atoms with Crippen LogP contribution in [0, 0.1) is 5.92 Å². The molecule has 0 spiro atoms. The van der Waals surface area contributed by atoms with Crippen molar-refractivity contribution < 1.29 is 4.74 Å². The van der Waals surface area contributed by atoms with Crippen molar-refractivity contribution in [3.05, 3.63) is 29.8 Å². The molecule has 0 bridgehead atoms. The summed E-state index contributed by atoms with van der Waals surface area (Å²) >= 11 is 0. The average Bonchev–Trinajstić information content (AvgIpc) is 2.26. The molecule has 2 heteroatoms. The van der Waals surface area contributed by atoms with Gasteiger partial charge in [-0.05, 0) is 36.5 Å². The molecular weight excluding hydrogens is 186 g/mol. The van der Waals surface area contributed by atoms with Crippen molar-refractivity contribution in [2.45, 2.75) is 32.7 Å². The highest BCUT2D eigenvalue weighted by molar-refractivity contribution is 5.28. The number of hydrogen-bond acceptors (Lipinski definition) is 2. The van der Waals surface area contributed by atoms with Crippen molar-refractivity contribution in [3.8, 4) is 5.75 Å². The van der Waals surface area contributed by atoms with Crippen LogP contribution >= 0.6 is 0 Å². The van der Waals surface area contributed by atoms with E-state index in [0.717, 1.165) is 12.2 Å². The second-order valence-electron chi connectivity index (χ2n) is 4.35. The topological polar surface area (TPSA) is 35.2 Å². The summed E-state index contributed by atoms with van der Waals surface area (Å²) in [7, 11) is 1.67. The normalized spacial score (nSPS) is 12.9. The molecule has 2 N–H and O–H groups in total. The minimum atomic E-state index is 0.151. The lowest BCUT2D eigenvalue weighted by molar-refractivity contribution is 0.414. The Morgan fingerprint density at radius 1 is 1.13 bits per heavy atom. The Kier molecular flexibility index (Phi) is 4.63. The summed E-state index contributed by atoms with van der Waals surface area (Å²) in [6, 6.07) is 8.17. The van der Waals surface area contributed by atoms with Crippen molar-refractivity contribution in [3.63, 3.8) is 0 Å². The van der Waals surface area contributed by atoms with Crippen molar-refractivity contribution >= 4 is 0 Å². The molecule has 2 nitrogen and oxygen atoms in total. The number of hydrogen-bond donors (Lipinski definition) is 1. The summed E-state index contributed by atoms with van der Waals surface area (Å²) in [5, 5.41) is 0. The van der Waals surface area contributed by atoms with Crippen LogP contribution in [0.25, 0.3) is 0 Å². The molecule has 1 rings (SSSR count). The van der Waals surface area contributed by atoms with Gasteiger partial charge in [-0.2, -0.15) is 0 Å². The molecule has 0 amide bonds. The maximum atomic E-state index is 6.09. The highest BCUT2D eigenvalue weighted by atomic mass is 16.5. The fraction of sp³-hybridized carbons (Fsp3) is 0.538. The Morgan fingerprint density at radius 2 is 1.73 bits per heavy atom. The minimum absolute atomic E-state index is 0.151. The molecule has 1 atom stereocenters. The van der Waals surface area contributed by atoms with Crippen LogP contribution in [0.15, 0.2) is 24.3 Å². The Labute approximate surface area is 92.4 Å². The molecule has 0 saturated heterocycles. The van der Waals surface area contributed by atoms with Crippen LogP contribution in [0.2, 0.25) is 0 Å². The minimum Gasteiger partial charge on any atom is -0.497 e. The fourth-order valence-corrected chi connectivity index (χ4v) is 1.53. The molecule has 0 fully saturated rings. The van der Waals surface area contributed by atoms with Gasteiger partial charge in [0.15, 0.2) is 0 Å². The predicted octanol–water partition coefficient (Wildman–Crippen LogP) is 3.13. The molecule has 1 aromatic carbocycles. The summed E-state index contributed by atoms with van der Waals surface area (Å²) < 4.78 is 5.11. The number of methoxy groups -OCH3 is 1. The third-order valence-electron chi connectivity index (χ3n) is 2.60. The van der Waals surface area contributed by atoms with Gasteiger partial charge in [-0.25, -0.2) is 0 Å². The van der Waals surface area contributed by atoms with E-state index in [1.165, 1.54) is 12.0 Å². The molecule has 84 valence electrons. The summed E-state index contributed by atoms with van der Waals surface area (Å²) in [4.78, 5) is 0. The van der Waals surface area contributed by atoms with Gasteiger partial charge in [0.05, 0.1) is 7.11 Å². The highest BCUT2D eigenvalue weighted by Crippen LogP contribution is 2.20. The van der Waals surface area contributed by atoms with Gasteiger partial charge in [0.1, 0.15) is 5.75 Å². The number of nitrogens with two attached hydrogens (primary N) is 1. The summed E-state index contributed by atoms with van der Waals surface area (Å²) in [6.07, 6.45) is 2.22. The standard InChI is InChI=1S/C13H21NO/c1-10(2)4-9-13(14)11-5-7-12(15-3)8-6-11/h5-8,10,13H,4,9,14H2,1-3H3. The molecular formula is C13H21NO. The van der Waals surface area contributed by atoms with Crippen LogP contribution in [-0.4, -0.2) is 7.11 Å². The first-order chi connectivity index (χ1) is 7.13. The lowest BCUT2D eigenvalue weighted by atomic mass is 9.98. The van der Waals surface area contributed by atoms with E-state index in [1.807, 2.05) is 24.3 Å². The first-order valence-electron chi connectivity index (χ1n) is 5.53. The third-order valence-corrected chi connectivity index (χ3v) is 2.60. The SMILES string of the molecule is COc1ccc(C(N)CCC(C)C)cc1. The molecule has 1 aromatic rings. The van der Waals surface area contributed by atoms with E-state index >= 15 is 0 Å².